The van der Waals surface area contributed by atoms with Gasteiger partial charge in [-0.05, 0) is 49.1 Å². The van der Waals surface area contributed by atoms with Crippen LogP contribution < -0.4 is 0 Å². The van der Waals surface area contributed by atoms with Crippen LogP contribution in [0.3, 0.4) is 0 Å². The van der Waals surface area contributed by atoms with Gasteiger partial charge in [-0.1, -0.05) is 24.3 Å². The summed E-state index contributed by atoms with van der Waals surface area (Å²) in [5, 5.41) is 9.19. The Morgan fingerprint density at radius 2 is 2.00 bits per heavy atom. The second kappa shape index (κ2) is 6.65. The van der Waals surface area contributed by atoms with Crippen LogP contribution in [0.5, 0.6) is 0 Å². The number of benzene rings is 1. The van der Waals surface area contributed by atoms with Gasteiger partial charge >= 0.3 is 0 Å². The van der Waals surface area contributed by atoms with Gasteiger partial charge in [0.25, 0.3) is 0 Å². The molecule has 1 saturated heterocycles. The number of aryl methyl sites for hydroxylation is 2. The number of para-hydroxylation sites is 1. The molecular weight excluding hydrogens is 322 g/mol. The van der Waals surface area contributed by atoms with Gasteiger partial charge in [0.05, 0.1) is 5.69 Å². The van der Waals surface area contributed by atoms with E-state index in [-0.39, 0.29) is 0 Å². The molecule has 1 fully saturated rings. The molecule has 1 atom stereocenters. The molecule has 0 amide bonds. The molecule has 3 aromatic rings. The van der Waals surface area contributed by atoms with E-state index >= 15 is 0 Å². The number of pyridine rings is 1. The number of hydrogen-bond acceptors (Lipinski definition) is 4. The summed E-state index contributed by atoms with van der Waals surface area (Å²) in [6.45, 7) is 3.10. The molecule has 2 aliphatic heterocycles. The van der Waals surface area contributed by atoms with E-state index in [1.54, 1.807) is 0 Å². The average Bonchev–Trinajstić information content (AvgIpc) is 3.26. The van der Waals surface area contributed by atoms with Crippen LogP contribution in [-0.4, -0.2) is 37.7 Å². The molecule has 26 heavy (non-hydrogen) atoms. The van der Waals surface area contributed by atoms with Crippen molar-refractivity contribution in [1.29, 1.82) is 0 Å². The lowest BCUT2D eigenvalue weighted by Crippen LogP contribution is -2.20. The third-order valence-electron chi connectivity index (χ3n) is 5.60. The summed E-state index contributed by atoms with van der Waals surface area (Å²) in [6.07, 6.45) is 8.21. The van der Waals surface area contributed by atoms with Crippen molar-refractivity contribution in [3.8, 4) is 5.69 Å². The van der Waals surface area contributed by atoms with Crippen molar-refractivity contribution in [2.24, 2.45) is 0 Å². The quantitative estimate of drug-likeness (QED) is 0.732. The summed E-state index contributed by atoms with van der Waals surface area (Å²) in [5.41, 5.74) is 3.97. The van der Waals surface area contributed by atoms with Crippen LogP contribution in [0.25, 0.3) is 5.69 Å². The second-order valence-corrected chi connectivity index (χ2v) is 7.37. The van der Waals surface area contributed by atoms with E-state index in [1.165, 1.54) is 16.8 Å². The zero-order chi connectivity index (χ0) is 17.3. The van der Waals surface area contributed by atoms with Crippen LogP contribution in [0.15, 0.2) is 48.8 Å². The minimum absolute atomic E-state index is 0.444. The Morgan fingerprint density at radius 3 is 2.92 bits per heavy atom. The van der Waals surface area contributed by atoms with E-state index in [4.69, 9.17) is 0 Å². The largest absolute Gasteiger partial charge is 0.298 e. The highest BCUT2D eigenvalue weighted by molar-refractivity contribution is 5.44. The molecule has 1 aromatic carbocycles. The fourth-order valence-corrected chi connectivity index (χ4v) is 4.33. The van der Waals surface area contributed by atoms with Gasteiger partial charge in [-0.25, -0.2) is 0 Å². The highest BCUT2D eigenvalue weighted by atomic mass is 15.3. The molecule has 4 heterocycles. The van der Waals surface area contributed by atoms with Gasteiger partial charge < -0.3 is 0 Å². The monoisotopic (exact) mass is 345 g/mol. The Bertz CT molecular complexity index is 902. The van der Waals surface area contributed by atoms with Crippen molar-refractivity contribution >= 4 is 0 Å². The highest BCUT2D eigenvalue weighted by Gasteiger charge is 2.30. The van der Waals surface area contributed by atoms with Gasteiger partial charge in [-0.15, -0.1) is 10.2 Å². The van der Waals surface area contributed by atoms with E-state index in [2.05, 4.69) is 55.0 Å². The Labute approximate surface area is 153 Å². The Hall–Kier alpha value is -2.53. The number of likely N-dealkylation sites (tertiary alicyclic amines) is 1. The first kappa shape index (κ1) is 15.7. The van der Waals surface area contributed by atoms with Gasteiger partial charge in [-0.3, -0.25) is 14.5 Å². The van der Waals surface area contributed by atoms with Gasteiger partial charge in [0, 0.05) is 37.8 Å². The Balaban J connectivity index is 1.42. The average molecular weight is 345 g/mol. The predicted molar refractivity (Wildman–Crippen MR) is 100 cm³/mol. The molecule has 132 valence electrons. The summed E-state index contributed by atoms with van der Waals surface area (Å²) >= 11 is 0. The summed E-state index contributed by atoms with van der Waals surface area (Å²) in [6, 6.07) is 12.9. The molecular formula is C21H23N5. The third kappa shape index (κ3) is 2.82. The van der Waals surface area contributed by atoms with Crippen molar-refractivity contribution in [1.82, 2.24) is 24.6 Å². The van der Waals surface area contributed by atoms with Crippen LogP contribution in [0.2, 0.25) is 0 Å². The maximum absolute atomic E-state index is 4.64. The van der Waals surface area contributed by atoms with Crippen LogP contribution >= 0.6 is 0 Å². The van der Waals surface area contributed by atoms with Crippen LogP contribution in [0, 0.1) is 0 Å². The lowest BCUT2D eigenvalue weighted by atomic mass is 10.1. The minimum Gasteiger partial charge on any atom is -0.298 e. The molecule has 0 aliphatic carbocycles. The summed E-state index contributed by atoms with van der Waals surface area (Å²) in [7, 11) is 0. The number of hydrogen-bond donors (Lipinski definition) is 0. The van der Waals surface area contributed by atoms with Gasteiger partial charge in [-0.2, -0.15) is 0 Å². The Morgan fingerprint density at radius 1 is 1.04 bits per heavy atom. The lowest BCUT2D eigenvalue weighted by Gasteiger charge is -2.17. The maximum Gasteiger partial charge on any atom is 0.142 e. The molecule has 0 N–H and O–H groups in total. The molecule has 0 radical (unpaired) electrons. The Kier molecular flexibility index (Phi) is 4.02. The van der Waals surface area contributed by atoms with Crippen molar-refractivity contribution in [2.75, 3.05) is 13.1 Å². The maximum atomic E-state index is 4.64. The van der Waals surface area contributed by atoms with E-state index in [0.29, 0.717) is 5.92 Å². The molecule has 5 rings (SSSR count). The fourth-order valence-electron chi connectivity index (χ4n) is 4.33. The van der Waals surface area contributed by atoms with Crippen molar-refractivity contribution < 1.29 is 0 Å². The summed E-state index contributed by atoms with van der Waals surface area (Å²) < 4.78 is 2.35. The number of rotatable bonds is 3. The normalized spacial score (nSPS) is 19.8. The number of aromatic nitrogens is 4. The van der Waals surface area contributed by atoms with Crippen molar-refractivity contribution in [2.45, 2.75) is 38.1 Å². The van der Waals surface area contributed by atoms with E-state index in [9.17, 15) is 0 Å². The SMILES string of the molecule is c1cncc(CN2CCC(c3nnc4n3-c3ccccc3CCC4)C2)c1. The van der Waals surface area contributed by atoms with Gasteiger partial charge in [0.15, 0.2) is 0 Å². The summed E-state index contributed by atoms with van der Waals surface area (Å²) in [4.78, 5) is 6.74. The molecule has 5 nitrogen and oxygen atoms in total. The molecule has 5 heteroatoms. The molecule has 0 spiro atoms. The molecule has 1 unspecified atom stereocenters. The predicted octanol–water partition coefficient (Wildman–Crippen LogP) is 3.14. The first-order valence-electron chi connectivity index (χ1n) is 9.52. The first-order chi connectivity index (χ1) is 12.9. The standard InChI is InChI=1S/C21H23N5/c1-2-8-19-17(6-1)7-3-9-20-23-24-21(26(19)20)18-10-12-25(15-18)14-16-5-4-11-22-13-16/h1-2,4-6,8,11,13,18H,3,7,9-10,12,14-15H2. The van der Waals surface area contributed by atoms with Crippen molar-refractivity contribution in [3.05, 3.63) is 71.6 Å². The molecule has 0 saturated carbocycles. The van der Waals surface area contributed by atoms with Crippen molar-refractivity contribution in [3.63, 3.8) is 0 Å². The molecule has 2 aliphatic rings. The fraction of sp³-hybridized carbons (Fsp3) is 0.381. The highest BCUT2D eigenvalue weighted by Crippen LogP contribution is 2.32. The summed E-state index contributed by atoms with van der Waals surface area (Å²) in [5.74, 6) is 2.71. The van der Waals surface area contributed by atoms with E-state index < -0.39 is 0 Å². The first-order valence-corrected chi connectivity index (χ1v) is 9.52. The van der Waals surface area contributed by atoms with Crippen LogP contribution in [0.1, 0.15) is 41.5 Å². The van der Waals surface area contributed by atoms with E-state index in [1.807, 2.05) is 18.5 Å². The van der Waals surface area contributed by atoms with Crippen LogP contribution in [0.4, 0.5) is 0 Å². The zero-order valence-electron chi connectivity index (χ0n) is 14.9. The number of fused-ring (bicyclic) bond motifs is 3. The van der Waals surface area contributed by atoms with Gasteiger partial charge in [0.1, 0.15) is 11.6 Å². The van der Waals surface area contributed by atoms with Gasteiger partial charge in [0.2, 0.25) is 0 Å². The topological polar surface area (TPSA) is 46.8 Å². The minimum atomic E-state index is 0.444. The zero-order valence-corrected chi connectivity index (χ0v) is 14.9. The third-order valence-corrected chi connectivity index (χ3v) is 5.60. The molecule has 2 aromatic heterocycles. The van der Waals surface area contributed by atoms with Crippen LogP contribution in [-0.2, 0) is 19.4 Å². The van der Waals surface area contributed by atoms with E-state index in [0.717, 1.165) is 57.0 Å². The lowest BCUT2D eigenvalue weighted by molar-refractivity contribution is 0.325. The number of nitrogens with zero attached hydrogens (tertiary/aromatic N) is 5. The smallest absolute Gasteiger partial charge is 0.142 e. The molecule has 0 bridgehead atoms. The second-order valence-electron chi connectivity index (χ2n) is 7.37.